The molecule has 0 atom stereocenters. The van der Waals surface area contributed by atoms with Crippen molar-refractivity contribution in [3.63, 3.8) is 0 Å². The van der Waals surface area contributed by atoms with Crippen LogP contribution in [0.1, 0.15) is 5.56 Å². The number of nitrogens with zero attached hydrogens (tertiary/aromatic N) is 1. The Morgan fingerprint density at radius 1 is 1.17 bits per heavy atom. The summed E-state index contributed by atoms with van der Waals surface area (Å²) in [5, 5.41) is 3.11. The van der Waals surface area contributed by atoms with Gasteiger partial charge in [0.15, 0.2) is 0 Å². The van der Waals surface area contributed by atoms with E-state index in [2.05, 4.69) is 21.2 Å². The quantitative estimate of drug-likeness (QED) is 0.612. The number of carbonyl (C=O) groups is 2. The monoisotopic (exact) mass is 406 g/mol. The van der Waals surface area contributed by atoms with Crippen molar-refractivity contribution in [2.24, 2.45) is 0 Å². The van der Waals surface area contributed by atoms with Crippen LogP contribution in [0.3, 0.4) is 0 Å². The maximum absolute atomic E-state index is 12.6. The lowest BCUT2D eigenvalue weighted by Gasteiger charge is -2.11. The van der Waals surface area contributed by atoms with Crippen molar-refractivity contribution in [3.05, 3.63) is 63.2 Å². The minimum absolute atomic E-state index is 0.173. The molecule has 1 saturated heterocycles. The number of hydrogen-bond acceptors (Lipinski definition) is 3. The van der Waals surface area contributed by atoms with Crippen LogP contribution in [0, 0.1) is 0 Å². The van der Waals surface area contributed by atoms with E-state index in [0.29, 0.717) is 22.0 Å². The van der Waals surface area contributed by atoms with Gasteiger partial charge in [-0.2, -0.15) is 0 Å². The van der Waals surface area contributed by atoms with Crippen molar-refractivity contribution >= 4 is 51.2 Å². The fourth-order valence-electron chi connectivity index (χ4n) is 2.33. The zero-order valence-corrected chi connectivity index (χ0v) is 14.9. The third kappa shape index (κ3) is 3.16. The maximum atomic E-state index is 12.6. The van der Waals surface area contributed by atoms with Gasteiger partial charge in [0, 0.05) is 15.1 Å². The number of urea groups is 1. The predicted molar refractivity (Wildman–Crippen MR) is 96.1 cm³/mol. The van der Waals surface area contributed by atoms with E-state index >= 15 is 0 Å². The molecule has 0 spiro atoms. The highest BCUT2D eigenvalue weighted by molar-refractivity contribution is 9.10. The standard InChI is InChI=1S/C17H12BrClN2O3/c1-24-15-7-2-11(18)8-10(15)9-14-16(22)21(17(23)20-14)13-5-3-12(19)4-6-13/h2-9H,1H3,(H,20,23)/b14-9+. The fraction of sp³-hybridized carbons (Fsp3) is 0.0588. The van der Waals surface area contributed by atoms with Crippen molar-refractivity contribution in [3.8, 4) is 5.75 Å². The number of imide groups is 1. The number of amides is 3. The number of carbonyl (C=O) groups excluding carboxylic acids is 2. The van der Waals surface area contributed by atoms with Gasteiger partial charge >= 0.3 is 6.03 Å². The summed E-state index contributed by atoms with van der Waals surface area (Å²) in [6, 6.07) is 11.4. The summed E-state index contributed by atoms with van der Waals surface area (Å²) in [5.41, 5.74) is 1.30. The topological polar surface area (TPSA) is 58.6 Å². The van der Waals surface area contributed by atoms with Gasteiger partial charge in [-0.15, -0.1) is 0 Å². The first kappa shape index (κ1) is 16.5. The molecular formula is C17H12BrClN2O3. The molecule has 0 aromatic heterocycles. The molecule has 5 nitrogen and oxygen atoms in total. The lowest BCUT2D eigenvalue weighted by Crippen LogP contribution is -2.30. The van der Waals surface area contributed by atoms with Crippen LogP contribution < -0.4 is 15.0 Å². The van der Waals surface area contributed by atoms with Crippen molar-refractivity contribution in [2.45, 2.75) is 0 Å². The summed E-state index contributed by atoms with van der Waals surface area (Å²) in [6.07, 6.45) is 1.58. The first-order valence-corrected chi connectivity index (χ1v) is 8.13. The van der Waals surface area contributed by atoms with Crippen LogP contribution >= 0.6 is 27.5 Å². The average molecular weight is 408 g/mol. The van der Waals surface area contributed by atoms with Gasteiger partial charge in [0.1, 0.15) is 11.4 Å². The van der Waals surface area contributed by atoms with Gasteiger partial charge in [-0.1, -0.05) is 27.5 Å². The third-order valence-electron chi connectivity index (χ3n) is 3.45. The van der Waals surface area contributed by atoms with E-state index < -0.39 is 11.9 Å². The van der Waals surface area contributed by atoms with E-state index in [9.17, 15) is 9.59 Å². The van der Waals surface area contributed by atoms with Gasteiger partial charge in [-0.05, 0) is 48.5 Å². The second kappa shape index (κ2) is 6.67. The molecule has 1 N–H and O–H groups in total. The lowest BCUT2D eigenvalue weighted by molar-refractivity contribution is -0.113. The van der Waals surface area contributed by atoms with Gasteiger partial charge in [-0.3, -0.25) is 4.79 Å². The van der Waals surface area contributed by atoms with E-state index in [4.69, 9.17) is 16.3 Å². The Labute approximate surface area is 152 Å². The summed E-state index contributed by atoms with van der Waals surface area (Å²) >= 11 is 9.22. The second-order valence-corrected chi connectivity index (χ2v) is 6.34. The first-order valence-electron chi connectivity index (χ1n) is 6.96. The summed E-state index contributed by atoms with van der Waals surface area (Å²) in [6.45, 7) is 0. The molecular weight excluding hydrogens is 396 g/mol. The van der Waals surface area contributed by atoms with E-state index in [0.717, 1.165) is 9.37 Å². The Balaban J connectivity index is 1.97. The molecule has 0 saturated carbocycles. The number of anilines is 1. The second-order valence-electron chi connectivity index (χ2n) is 4.99. The SMILES string of the molecule is COc1ccc(Br)cc1/C=C1/NC(=O)N(c2ccc(Cl)cc2)C1=O. The number of halogens is 2. The van der Waals surface area contributed by atoms with Crippen LogP contribution in [-0.2, 0) is 4.79 Å². The van der Waals surface area contributed by atoms with Crippen LogP contribution in [0.25, 0.3) is 6.08 Å². The summed E-state index contributed by atoms with van der Waals surface area (Å²) in [7, 11) is 1.54. The molecule has 0 unspecified atom stereocenters. The van der Waals surface area contributed by atoms with E-state index in [1.807, 2.05) is 6.07 Å². The first-order chi connectivity index (χ1) is 11.5. The Kier molecular flexibility index (Phi) is 4.59. The highest BCUT2D eigenvalue weighted by Gasteiger charge is 2.34. The van der Waals surface area contributed by atoms with Crippen LogP contribution in [0.2, 0.25) is 5.02 Å². The van der Waals surface area contributed by atoms with Crippen LogP contribution in [0.15, 0.2) is 52.6 Å². The number of benzene rings is 2. The number of ether oxygens (including phenoxy) is 1. The minimum Gasteiger partial charge on any atom is -0.496 e. The van der Waals surface area contributed by atoms with Gasteiger partial charge in [0.2, 0.25) is 0 Å². The summed E-state index contributed by atoms with van der Waals surface area (Å²) in [5.74, 6) is 0.155. The largest absolute Gasteiger partial charge is 0.496 e. The molecule has 122 valence electrons. The van der Waals surface area contributed by atoms with Crippen molar-refractivity contribution in [1.29, 1.82) is 0 Å². The molecule has 1 fully saturated rings. The molecule has 0 aliphatic carbocycles. The Morgan fingerprint density at radius 2 is 1.88 bits per heavy atom. The molecule has 3 rings (SSSR count). The van der Waals surface area contributed by atoms with Crippen molar-refractivity contribution < 1.29 is 14.3 Å². The normalized spacial score (nSPS) is 15.8. The number of nitrogens with one attached hydrogen (secondary N) is 1. The summed E-state index contributed by atoms with van der Waals surface area (Å²) < 4.78 is 6.11. The Bertz CT molecular complexity index is 849. The molecule has 24 heavy (non-hydrogen) atoms. The van der Waals surface area contributed by atoms with Crippen LogP contribution in [0.4, 0.5) is 10.5 Å². The zero-order chi connectivity index (χ0) is 17.3. The molecule has 2 aromatic carbocycles. The van der Waals surface area contributed by atoms with Crippen molar-refractivity contribution in [2.75, 3.05) is 12.0 Å². The highest BCUT2D eigenvalue weighted by Crippen LogP contribution is 2.28. The Morgan fingerprint density at radius 3 is 2.54 bits per heavy atom. The molecule has 2 aromatic rings. The van der Waals surface area contributed by atoms with E-state index in [1.54, 1.807) is 49.6 Å². The molecule has 0 bridgehead atoms. The van der Waals surface area contributed by atoms with Crippen LogP contribution in [-0.4, -0.2) is 19.0 Å². The third-order valence-corrected chi connectivity index (χ3v) is 4.20. The van der Waals surface area contributed by atoms with E-state index in [-0.39, 0.29) is 5.70 Å². The lowest BCUT2D eigenvalue weighted by atomic mass is 10.1. The molecule has 1 aliphatic rings. The smallest absolute Gasteiger partial charge is 0.333 e. The maximum Gasteiger partial charge on any atom is 0.333 e. The van der Waals surface area contributed by atoms with Gasteiger partial charge in [-0.25, -0.2) is 9.69 Å². The molecule has 0 radical (unpaired) electrons. The molecule has 7 heteroatoms. The van der Waals surface area contributed by atoms with Crippen LogP contribution in [0.5, 0.6) is 5.75 Å². The fourth-order valence-corrected chi connectivity index (χ4v) is 2.84. The highest BCUT2D eigenvalue weighted by atomic mass is 79.9. The van der Waals surface area contributed by atoms with E-state index in [1.165, 1.54) is 0 Å². The average Bonchev–Trinajstić information content (AvgIpc) is 2.83. The Hall–Kier alpha value is -2.31. The van der Waals surface area contributed by atoms with Gasteiger partial charge < -0.3 is 10.1 Å². The number of rotatable bonds is 3. The molecule has 3 amide bonds. The molecule has 1 aliphatic heterocycles. The van der Waals surface area contributed by atoms with Crippen molar-refractivity contribution in [1.82, 2.24) is 5.32 Å². The van der Waals surface area contributed by atoms with Gasteiger partial charge in [0.25, 0.3) is 5.91 Å². The predicted octanol–water partition coefficient (Wildman–Crippen LogP) is 4.21. The number of hydrogen-bond donors (Lipinski definition) is 1. The number of methoxy groups -OCH3 is 1. The zero-order valence-electron chi connectivity index (χ0n) is 12.5. The minimum atomic E-state index is -0.512. The molecule has 1 heterocycles. The summed E-state index contributed by atoms with van der Waals surface area (Å²) in [4.78, 5) is 25.8. The van der Waals surface area contributed by atoms with Gasteiger partial charge in [0.05, 0.1) is 12.8 Å².